The van der Waals surface area contributed by atoms with Gasteiger partial charge in [0.05, 0.1) is 17.2 Å². The van der Waals surface area contributed by atoms with E-state index in [0.29, 0.717) is 31.0 Å². The van der Waals surface area contributed by atoms with Crippen LogP contribution in [-0.4, -0.2) is 40.6 Å². The molecule has 1 atom stereocenters. The highest BCUT2D eigenvalue weighted by molar-refractivity contribution is 6.31. The zero-order valence-corrected chi connectivity index (χ0v) is 18.2. The Morgan fingerprint density at radius 1 is 1.17 bits per heavy atom. The minimum Gasteiger partial charge on any atom is -0.444 e. The second kappa shape index (κ2) is 7.58. The Hall–Kier alpha value is -2.60. The molecule has 1 spiro atoms. The second-order valence-corrected chi connectivity index (χ2v) is 9.37. The van der Waals surface area contributed by atoms with E-state index < -0.39 is 11.0 Å². The van der Waals surface area contributed by atoms with E-state index in [4.69, 9.17) is 16.3 Å². The van der Waals surface area contributed by atoms with Crippen LogP contribution in [0, 0.1) is 5.41 Å². The van der Waals surface area contributed by atoms with Gasteiger partial charge in [-0.25, -0.2) is 4.79 Å². The largest absolute Gasteiger partial charge is 0.444 e. The lowest BCUT2D eigenvalue weighted by Crippen LogP contribution is -2.67. The Kier molecular flexibility index (Phi) is 5.22. The van der Waals surface area contributed by atoms with Gasteiger partial charge in [0, 0.05) is 30.0 Å². The highest BCUT2D eigenvalue weighted by Crippen LogP contribution is 2.57. The summed E-state index contributed by atoms with van der Waals surface area (Å²) < 4.78 is 5.50. The molecule has 1 aromatic heterocycles. The third-order valence-corrected chi connectivity index (χ3v) is 6.02. The number of β-lactam (4-membered cyclic amide) rings is 1. The quantitative estimate of drug-likeness (QED) is 0.643. The SMILES string of the molecule is CC(C)(C)OC(=O)N1CCC2(CC1)C(=O)N(c1cccc(Cl)c1)C2c1ccccn1. The number of aromatic nitrogens is 1. The molecule has 0 N–H and O–H groups in total. The monoisotopic (exact) mass is 427 g/mol. The van der Waals surface area contributed by atoms with Crippen LogP contribution in [0.25, 0.3) is 0 Å². The molecule has 1 aromatic carbocycles. The Bertz CT molecular complexity index is 950. The molecule has 3 heterocycles. The highest BCUT2D eigenvalue weighted by atomic mass is 35.5. The number of likely N-dealkylation sites (tertiary alicyclic amines) is 1. The molecule has 0 bridgehead atoms. The second-order valence-electron chi connectivity index (χ2n) is 8.94. The zero-order valence-electron chi connectivity index (χ0n) is 17.5. The summed E-state index contributed by atoms with van der Waals surface area (Å²) >= 11 is 6.18. The number of carbonyl (C=O) groups is 2. The number of hydrogen-bond acceptors (Lipinski definition) is 4. The first-order valence-electron chi connectivity index (χ1n) is 10.2. The average Bonchev–Trinajstić information content (AvgIpc) is 2.71. The van der Waals surface area contributed by atoms with Crippen LogP contribution in [0.2, 0.25) is 5.02 Å². The molecule has 6 nitrogen and oxygen atoms in total. The summed E-state index contributed by atoms with van der Waals surface area (Å²) in [5, 5.41) is 0.584. The number of pyridine rings is 1. The van der Waals surface area contributed by atoms with Crippen molar-refractivity contribution < 1.29 is 14.3 Å². The maximum absolute atomic E-state index is 13.5. The van der Waals surface area contributed by atoms with Gasteiger partial charge in [0.15, 0.2) is 0 Å². The van der Waals surface area contributed by atoms with Gasteiger partial charge in [0.25, 0.3) is 0 Å². The standard InChI is InChI=1S/C23H26ClN3O3/c1-22(2,3)30-21(29)26-13-10-23(11-14-26)19(18-9-4-5-12-25-18)27(20(23)28)17-8-6-7-16(24)15-17/h4-9,12,15,19H,10-11,13-14H2,1-3H3. The van der Waals surface area contributed by atoms with Crippen molar-refractivity contribution >= 4 is 29.3 Å². The maximum Gasteiger partial charge on any atom is 0.410 e. The van der Waals surface area contributed by atoms with Gasteiger partial charge in [-0.2, -0.15) is 0 Å². The first-order chi connectivity index (χ1) is 14.2. The Labute approximate surface area is 181 Å². The number of benzene rings is 1. The van der Waals surface area contributed by atoms with E-state index >= 15 is 0 Å². The van der Waals surface area contributed by atoms with E-state index in [0.717, 1.165) is 11.4 Å². The van der Waals surface area contributed by atoms with Crippen molar-refractivity contribution in [3.05, 3.63) is 59.4 Å². The van der Waals surface area contributed by atoms with Gasteiger partial charge in [-0.3, -0.25) is 9.78 Å². The van der Waals surface area contributed by atoms with Gasteiger partial charge in [0.1, 0.15) is 5.60 Å². The molecule has 2 fully saturated rings. The number of nitrogens with zero attached hydrogens (tertiary/aromatic N) is 3. The lowest BCUT2D eigenvalue weighted by molar-refractivity contribution is -0.145. The summed E-state index contributed by atoms with van der Waals surface area (Å²) in [5.74, 6) is 0.0595. The summed E-state index contributed by atoms with van der Waals surface area (Å²) in [6.07, 6.45) is 2.56. The number of amides is 2. The van der Waals surface area contributed by atoms with Crippen LogP contribution < -0.4 is 4.90 Å². The average molecular weight is 428 g/mol. The molecule has 2 saturated heterocycles. The first-order valence-corrected chi connectivity index (χ1v) is 10.6. The number of carbonyl (C=O) groups excluding carboxylic acids is 2. The van der Waals surface area contributed by atoms with Crippen molar-refractivity contribution in [3.63, 3.8) is 0 Å². The molecule has 0 radical (unpaired) electrons. The normalized spacial score (nSPS) is 20.8. The molecule has 158 valence electrons. The van der Waals surface area contributed by atoms with E-state index in [-0.39, 0.29) is 18.0 Å². The lowest BCUT2D eigenvalue weighted by atomic mass is 9.63. The fraction of sp³-hybridized carbons (Fsp3) is 0.435. The number of piperidine rings is 1. The van der Waals surface area contributed by atoms with Crippen LogP contribution >= 0.6 is 11.6 Å². The van der Waals surface area contributed by atoms with Crippen molar-refractivity contribution in [2.45, 2.75) is 45.3 Å². The van der Waals surface area contributed by atoms with E-state index in [1.54, 1.807) is 28.1 Å². The van der Waals surface area contributed by atoms with E-state index in [1.165, 1.54) is 0 Å². The molecule has 2 aliphatic heterocycles. The maximum atomic E-state index is 13.5. The van der Waals surface area contributed by atoms with Gasteiger partial charge >= 0.3 is 6.09 Å². The molecule has 2 amide bonds. The Balaban J connectivity index is 1.60. The van der Waals surface area contributed by atoms with Crippen LogP contribution in [0.15, 0.2) is 48.7 Å². The third-order valence-electron chi connectivity index (χ3n) is 5.79. The summed E-state index contributed by atoms with van der Waals surface area (Å²) in [7, 11) is 0. The predicted octanol–water partition coefficient (Wildman–Crippen LogP) is 4.84. The third kappa shape index (κ3) is 3.65. The molecule has 7 heteroatoms. The van der Waals surface area contributed by atoms with Gasteiger partial charge in [0.2, 0.25) is 5.91 Å². The van der Waals surface area contributed by atoms with Crippen molar-refractivity contribution in [3.8, 4) is 0 Å². The van der Waals surface area contributed by atoms with Crippen molar-refractivity contribution in [2.24, 2.45) is 5.41 Å². The minimum atomic E-state index is -0.574. The van der Waals surface area contributed by atoms with Crippen molar-refractivity contribution in [1.82, 2.24) is 9.88 Å². The molecular formula is C23H26ClN3O3. The summed E-state index contributed by atoms with van der Waals surface area (Å²) in [5.41, 5.74) is 0.499. The summed E-state index contributed by atoms with van der Waals surface area (Å²) in [6.45, 7) is 6.52. The molecular weight excluding hydrogens is 402 g/mol. The Morgan fingerprint density at radius 3 is 2.50 bits per heavy atom. The first kappa shape index (κ1) is 20.7. The Morgan fingerprint density at radius 2 is 1.90 bits per heavy atom. The van der Waals surface area contributed by atoms with Gasteiger partial charge in [-0.1, -0.05) is 23.7 Å². The van der Waals surface area contributed by atoms with Gasteiger partial charge in [-0.05, 0) is 63.9 Å². The van der Waals surface area contributed by atoms with E-state index in [2.05, 4.69) is 4.98 Å². The fourth-order valence-electron chi connectivity index (χ4n) is 4.40. The molecule has 0 aliphatic carbocycles. The van der Waals surface area contributed by atoms with Crippen LogP contribution in [0.1, 0.15) is 45.3 Å². The molecule has 2 aliphatic rings. The molecule has 30 heavy (non-hydrogen) atoms. The molecule has 4 rings (SSSR count). The molecule has 0 saturated carbocycles. The van der Waals surface area contributed by atoms with Gasteiger partial charge < -0.3 is 14.5 Å². The number of hydrogen-bond donors (Lipinski definition) is 0. The topological polar surface area (TPSA) is 62.7 Å². The highest BCUT2D eigenvalue weighted by Gasteiger charge is 2.62. The number of halogens is 1. The fourth-order valence-corrected chi connectivity index (χ4v) is 4.59. The number of anilines is 1. The van der Waals surface area contributed by atoms with Crippen molar-refractivity contribution in [2.75, 3.05) is 18.0 Å². The van der Waals surface area contributed by atoms with E-state index in [1.807, 2.05) is 51.1 Å². The molecule has 1 unspecified atom stereocenters. The number of rotatable bonds is 2. The predicted molar refractivity (Wildman–Crippen MR) is 115 cm³/mol. The van der Waals surface area contributed by atoms with E-state index in [9.17, 15) is 9.59 Å². The summed E-state index contributed by atoms with van der Waals surface area (Å²) in [4.78, 5) is 34.0. The van der Waals surface area contributed by atoms with Crippen LogP contribution in [0.3, 0.4) is 0 Å². The lowest BCUT2D eigenvalue weighted by Gasteiger charge is -2.58. The van der Waals surface area contributed by atoms with Crippen LogP contribution in [0.4, 0.5) is 10.5 Å². The smallest absolute Gasteiger partial charge is 0.410 e. The van der Waals surface area contributed by atoms with Crippen molar-refractivity contribution in [1.29, 1.82) is 0 Å². The van der Waals surface area contributed by atoms with Crippen LogP contribution in [-0.2, 0) is 9.53 Å². The minimum absolute atomic E-state index is 0.0595. The van der Waals surface area contributed by atoms with Crippen LogP contribution in [0.5, 0.6) is 0 Å². The van der Waals surface area contributed by atoms with Gasteiger partial charge in [-0.15, -0.1) is 0 Å². The summed E-state index contributed by atoms with van der Waals surface area (Å²) in [6, 6.07) is 12.9. The zero-order chi connectivity index (χ0) is 21.5. The number of ether oxygens (including phenoxy) is 1. The molecule has 2 aromatic rings.